The minimum atomic E-state index is -0.996. The summed E-state index contributed by atoms with van der Waals surface area (Å²) in [5, 5.41) is 19.9. The van der Waals surface area contributed by atoms with E-state index in [1.165, 1.54) is 0 Å². The van der Waals surface area contributed by atoms with Gasteiger partial charge in [0.1, 0.15) is 0 Å². The molecule has 0 aliphatic carbocycles. The molecule has 0 aliphatic heterocycles. The maximum Gasteiger partial charge on any atom is 0.235 e. The van der Waals surface area contributed by atoms with Crippen molar-refractivity contribution in [3.8, 4) is 0 Å². The molecule has 0 radical (unpaired) electrons. The summed E-state index contributed by atoms with van der Waals surface area (Å²) < 4.78 is 0. The number of amides is 2. The molecule has 0 spiro atoms. The summed E-state index contributed by atoms with van der Waals surface area (Å²) in [6.07, 6.45) is -1.22. The second-order valence-electron chi connectivity index (χ2n) is 2.87. The first-order valence-corrected chi connectivity index (χ1v) is 4.07. The Labute approximate surface area is 81.1 Å². The average molecular weight is 205 g/mol. The Morgan fingerprint density at radius 3 is 2.29 bits per heavy atom. The first-order chi connectivity index (χ1) is 6.47. The van der Waals surface area contributed by atoms with E-state index < -0.39 is 30.6 Å². The summed E-state index contributed by atoms with van der Waals surface area (Å²) in [7, 11) is 0. The maximum absolute atomic E-state index is 10.7. The summed E-state index contributed by atoms with van der Waals surface area (Å²) >= 11 is 0. The minimum Gasteiger partial charge on any atom is -0.394 e. The smallest absolute Gasteiger partial charge is 0.235 e. The zero-order chi connectivity index (χ0) is 11.1. The summed E-state index contributed by atoms with van der Waals surface area (Å²) in [5.41, 5.74) is 9.83. The molecule has 7 heteroatoms. The Hall–Kier alpha value is -1.18. The number of primary amides is 2. The molecule has 0 rings (SSSR count). The molecular formula is C7H15N3O4. The second-order valence-corrected chi connectivity index (χ2v) is 2.87. The van der Waals surface area contributed by atoms with Gasteiger partial charge < -0.3 is 27.0 Å². The van der Waals surface area contributed by atoms with E-state index in [0.717, 1.165) is 0 Å². The van der Waals surface area contributed by atoms with Crippen LogP contribution >= 0.6 is 0 Å². The lowest BCUT2D eigenvalue weighted by Crippen LogP contribution is -2.46. The Kier molecular flexibility index (Phi) is 5.77. The van der Waals surface area contributed by atoms with Crippen molar-refractivity contribution in [2.24, 2.45) is 11.5 Å². The first-order valence-electron chi connectivity index (χ1n) is 4.07. The van der Waals surface area contributed by atoms with Crippen LogP contribution in [0.4, 0.5) is 0 Å². The predicted octanol–water partition coefficient (Wildman–Crippen LogP) is -3.34. The topological polar surface area (TPSA) is 139 Å². The van der Waals surface area contributed by atoms with Crippen LogP contribution in [0.25, 0.3) is 0 Å². The van der Waals surface area contributed by atoms with E-state index in [4.69, 9.17) is 21.7 Å². The van der Waals surface area contributed by atoms with Crippen molar-refractivity contribution in [1.29, 1.82) is 0 Å². The van der Waals surface area contributed by atoms with Crippen molar-refractivity contribution in [3.63, 3.8) is 0 Å². The molecule has 0 aromatic heterocycles. The van der Waals surface area contributed by atoms with E-state index in [1.54, 1.807) is 0 Å². The molecule has 7 nitrogen and oxygen atoms in total. The molecule has 0 aromatic rings. The third-order valence-electron chi connectivity index (χ3n) is 1.56. The number of hydrogen-bond acceptors (Lipinski definition) is 5. The van der Waals surface area contributed by atoms with Gasteiger partial charge in [-0.25, -0.2) is 0 Å². The Morgan fingerprint density at radius 1 is 1.36 bits per heavy atom. The molecule has 0 aromatic carbocycles. The molecule has 0 bridgehead atoms. The fourth-order valence-corrected chi connectivity index (χ4v) is 0.817. The number of rotatable bonds is 7. The van der Waals surface area contributed by atoms with E-state index in [-0.39, 0.29) is 13.0 Å². The van der Waals surface area contributed by atoms with Crippen LogP contribution in [0.15, 0.2) is 0 Å². The van der Waals surface area contributed by atoms with Crippen LogP contribution in [0.2, 0.25) is 0 Å². The van der Waals surface area contributed by atoms with Crippen LogP contribution in [-0.2, 0) is 9.59 Å². The van der Waals surface area contributed by atoms with Gasteiger partial charge >= 0.3 is 0 Å². The van der Waals surface area contributed by atoms with Gasteiger partial charge in [0.15, 0.2) is 0 Å². The summed E-state index contributed by atoms with van der Waals surface area (Å²) in [5.74, 6) is -1.39. The highest BCUT2D eigenvalue weighted by Gasteiger charge is 2.18. The van der Waals surface area contributed by atoms with E-state index in [1.807, 2.05) is 0 Å². The van der Waals surface area contributed by atoms with Crippen LogP contribution < -0.4 is 16.8 Å². The number of carbonyl (C=O) groups excluding carboxylic acids is 2. The lowest BCUT2D eigenvalue weighted by molar-refractivity contribution is -0.125. The van der Waals surface area contributed by atoms with Gasteiger partial charge in [0.05, 0.1) is 25.2 Å². The van der Waals surface area contributed by atoms with Crippen molar-refractivity contribution >= 4 is 11.8 Å². The van der Waals surface area contributed by atoms with Gasteiger partial charge in [-0.3, -0.25) is 9.59 Å². The highest BCUT2D eigenvalue weighted by molar-refractivity contribution is 5.86. The number of aliphatic hydroxyl groups is 2. The third-order valence-corrected chi connectivity index (χ3v) is 1.56. The van der Waals surface area contributed by atoms with Gasteiger partial charge in [0.25, 0.3) is 0 Å². The molecule has 2 atom stereocenters. The first kappa shape index (κ1) is 12.8. The van der Waals surface area contributed by atoms with E-state index in [9.17, 15) is 9.59 Å². The maximum atomic E-state index is 10.7. The Balaban J connectivity index is 3.97. The lowest BCUT2D eigenvalue weighted by atomic mass is 10.2. The van der Waals surface area contributed by atoms with Crippen LogP contribution in [0.3, 0.4) is 0 Å². The van der Waals surface area contributed by atoms with Gasteiger partial charge in [-0.2, -0.15) is 0 Å². The summed E-state index contributed by atoms with van der Waals surface area (Å²) in [6.45, 7) is -0.466. The molecule has 0 heterocycles. The normalized spacial score (nSPS) is 14.7. The monoisotopic (exact) mass is 205 g/mol. The lowest BCUT2D eigenvalue weighted by Gasteiger charge is -2.15. The zero-order valence-corrected chi connectivity index (χ0v) is 7.64. The molecule has 0 aliphatic rings. The van der Waals surface area contributed by atoms with Crippen molar-refractivity contribution in [3.05, 3.63) is 0 Å². The zero-order valence-electron chi connectivity index (χ0n) is 7.64. The van der Waals surface area contributed by atoms with Crippen molar-refractivity contribution in [1.82, 2.24) is 5.32 Å². The van der Waals surface area contributed by atoms with Crippen molar-refractivity contribution < 1.29 is 19.8 Å². The van der Waals surface area contributed by atoms with Gasteiger partial charge in [0.2, 0.25) is 11.8 Å². The van der Waals surface area contributed by atoms with Gasteiger partial charge in [-0.05, 0) is 0 Å². The van der Waals surface area contributed by atoms with Crippen LogP contribution in [0, 0.1) is 0 Å². The minimum absolute atomic E-state index is 0.0304. The molecule has 2 amide bonds. The number of nitrogens with one attached hydrogen (secondary N) is 1. The van der Waals surface area contributed by atoms with Crippen LogP contribution in [-0.4, -0.2) is 47.3 Å². The van der Waals surface area contributed by atoms with Gasteiger partial charge in [-0.1, -0.05) is 0 Å². The van der Waals surface area contributed by atoms with E-state index in [2.05, 4.69) is 5.32 Å². The highest BCUT2D eigenvalue weighted by Crippen LogP contribution is 1.90. The largest absolute Gasteiger partial charge is 0.394 e. The number of aliphatic hydroxyl groups excluding tert-OH is 2. The quantitative estimate of drug-likeness (QED) is 0.295. The van der Waals surface area contributed by atoms with Crippen LogP contribution in [0.1, 0.15) is 6.42 Å². The molecule has 7 N–H and O–H groups in total. The van der Waals surface area contributed by atoms with Crippen LogP contribution in [0.5, 0.6) is 0 Å². The molecule has 0 fully saturated rings. The second kappa shape index (κ2) is 6.30. The third kappa shape index (κ3) is 5.46. The van der Waals surface area contributed by atoms with E-state index in [0.29, 0.717) is 0 Å². The predicted molar refractivity (Wildman–Crippen MR) is 47.9 cm³/mol. The van der Waals surface area contributed by atoms with Gasteiger partial charge in [-0.15, -0.1) is 0 Å². The standard InChI is InChI=1S/C7H15N3O4/c8-6(13)1-5(7(9)14)10-2-4(12)3-11/h4-5,10-12H,1-3H2,(H2,8,13)(H2,9,14)/t4?,5-/m0/s1. The number of nitrogens with two attached hydrogens (primary N) is 2. The SMILES string of the molecule is NC(=O)C[C@H](NCC(O)CO)C(N)=O. The van der Waals surface area contributed by atoms with Crippen molar-refractivity contribution in [2.45, 2.75) is 18.6 Å². The van der Waals surface area contributed by atoms with Crippen molar-refractivity contribution in [2.75, 3.05) is 13.2 Å². The van der Waals surface area contributed by atoms with E-state index >= 15 is 0 Å². The van der Waals surface area contributed by atoms with Gasteiger partial charge in [0, 0.05) is 6.54 Å². The molecule has 0 saturated heterocycles. The summed E-state index contributed by atoms with van der Waals surface area (Å²) in [4.78, 5) is 21.2. The molecule has 82 valence electrons. The summed E-state index contributed by atoms with van der Waals surface area (Å²) in [6, 6.07) is -0.909. The number of hydrogen-bond donors (Lipinski definition) is 5. The number of carbonyl (C=O) groups is 2. The fraction of sp³-hybridized carbons (Fsp3) is 0.714. The highest BCUT2D eigenvalue weighted by atomic mass is 16.3. The fourth-order valence-electron chi connectivity index (χ4n) is 0.817. The molecule has 1 unspecified atom stereocenters. The molecular weight excluding hydrogens is 190 g/mol. The average Bonchev–Trinajstić information content (AvgIpc) is 2.10. The Bertz CT molecular complexity index is 209. The Morgan fingerprint density at radius 2 is 1.93 bits per heavy atom. The molecule has 14 heavy (non-hydrogen) atoms. The molecule has 0 saturated carbocycles.